The summed E-state index contributed by atoms with van der Waals surface area (Å²) in [6.07, 6.45) is 3.07. The lowest BCUT2D eigenvalue weighted by Gasteiger charge is -2.38. The molecule has 1 saturated carbocycles. The van der Waals surface area contributed by atoms with E-state index in [0.29, 0.717) is 19.1 Å². The molecular formula is C9H20N2O2. The van der Waals surface area contributed by atoms with Gasteiger partial charge in [-0.05, 0) is 12.8 Å². The third-order valence-corrected chi connectivity index (χ3v) is 2.66. The highest BCUT2D eigenvalue weighted by molar-refractivity contribution is 4.81. The zero-order chi connectivity index (χ0) is 9.68. The van der Waals surface area contributed by atoms with Gasteiger partial charge in [0.25, 0.3) is 0 Å². The highest BCUT2D eigenvalue weighted by Gasteiger charge is 2.25. The van der Waals surface area contributed by atoms with Gasteiger partial charge in [0.15, 0.2) is 0 Å². The third-order valence-electron chi connectivity index (χ3n) is 2.66. The maximum atomic E-state index is 9.29. The fraction of sp³-hybridized carbons (Fsp3) is 1.00. The van der Waals surface area contributed by atoms with E-state index in [1.54, 1.807) is 0 Å². The molecule has 0 saturated heterocycles. The van der Waals surface area contributed by atoms with E-state index in [0.717, 1.165) is 6.54 Å². The van der Waals surface area contributed by atoms with Crippen LogP contribution in [-0.4, -0.2) is 53.5 Å². The Bertz CT molecular complexity index is 140. The largest absolute Gasteiger partial charge is 0.394 e. The van der Waals surface area contributed by atoms with Gasteiger partial charge in [0.1, 0.15) is 0 Å². The lowest BCUT2D eigenvalue weighted by atomic mass is 9.91. The first-order valence-corrected chi connectivity index (χ1v) is 5.01. The van der Waals surface area contributed by atoms with Crippen LogP contribution in [0.15, 0.2) is 0 Å². The van der Waals surface area contributed by atoms with Gasteiger partial charge < -0.3 is 15.9 Å². The second-order valence-corrected chi connectivity index (χ2v) is 3.70. The molecule has 1 atom stereocenters. The fourth-order valence-corrected chi connectivity index (χ4v) is 1.67. The minimum Gasteiger partial charge on any atom is -0.394 e. The molecule has 78 valence electrons. The van der Waals surface area contributed by atoms with Crippen LogP contribution >= 0.6 is 0 Å². The molecule has 1 aliphatic carbocycles. The molecule has 4 nitrogen and oxygen atoms in total. The van der Waals surface area contributed by atoms with Crippen LogP contribution in [0.2, 0.25) is 0 Å². The minimum atomic E-state index is -0.618. The van der Waals surface area contributed by atoms with Gasteiger partial charge in [-0.2, -0.15) is 0 Å². The Hall–Kier alpha value is -0.160. The summed E-state index contributed by atoms with van der Waals surface area (Å²) >= 11 is 0. The van der Waals surface area contributed by atoms with Gasteiger partial charge in [0.2, 0.25) is 0 Å². The standard InChI is InChI=1S/C9H20N2O2/c10-4-5-11(6-9(13)7-12)8-2-1-3-8/h8-9,12-13H,1-7,10H2. The first kappa shape index (κ1) is 10.9. The summed E-state index contributed by atoms with van der Waals surface area (Å²) in [5.41, 5.74) is 5.48. The zero-order valence-electron chi connectivity index (χ0n) is 8.02. The number of hydrogen-bond acceptors (Lipinski definition) is 4. The molecule has 1 fully saturated rings. The van der Waals surface area contributed by atoms with Crippen LogP contribution < -0.4 is 5.73 Å². The van der Waals surface area contributed by atoms with E-state index in [1.165, 1.54) is 19.3 Å². The number of aliphatic hydroxyl groups is 2. The Labute approximate surface area is 79.3 Å². The van der Waals surface area contributed by atoms with Crippen LogP contribution in [0.3, 0.4) is 0 Å². The van der Waals surface area contributed by atoms with Gasteiger partial charge >= 0.3 is 0 Å². The summed E-state index contributed by atoms with van der Waals surface area (Å²) in [4.78, 5) is 2.18. The van der Waals surface area contributed by atoms with Gasteiger partial charge in [-0.3, -0.25) is 4.90 Å². The average molecular weight is 188 g/mol. The summed E-state index contributed by atoms with van der Waals surface area (Å²) in [5.74, 6) is 0. The predicted molar refractivity (Wildman–Crippen MR) is 51.4 cm³/mol. The van der Waals surface area contributed by atoms with E-state index in [9.17, 15) is 5.11 Å². The van der Waals surface area contributed by atoms with Gasteiger partial charge in [0.05, 0.1) is 12.7 Å². The number of hydrogen-bond donors (Lipinski definition) is 3. The van der Waals surface area contributed by atoms with Crippen LogP contribution in [0.5, 0.6) is 0 Å². The molecule has 0 aromatic heterocycles. The predicted octanol–water partition coefficient (Wildman–Crippen LogP) is -0.847. The molecule has 0 radical (unpaired) electrons. The van der Waals surface area contributed by atoms with Gasteiger partial charge in [0, 0.05) is 25.7 Å². The van der Waals surface area contributed by atoms with Crippen molar-refractivity contribution in [2.75, 3.05) is 26.2 Å². The van der Waals surface area contributed by atoms with Crippen molar-refractivity contribution in [3.05, 3.63) is 0 Å². The summed E-state index contributed by atoms with van der Waals surface area (Å²) in [6, 6.07) is 0.588. The fourth-order valence-electron chi connectivity index (χ4n) is 1.67. The number of rotatable bonds is 6. The van der Waals surface area contributed by atoms with Crippen LogP contribution in [0.4, 0.5) is 0 Å². The van der Waals surface area contributed by atoms with Crippen molar-refractivity contribution in [2.24, 2.45) is 5.73 Å². The van der Waals surface area contributed by atoms with Gasteiger partial charge in [-0.1, -0.05) is 6.42 Å². The average Bonchev–Trinajstić information content (AvgIpc) is 2.01. The van der Waals surface area contributed by atoms with Crippen LogP contribution in [0.25, 0.3) is 0 Å². The maximum Gasteiger partial charge on any atom is 0.0897 e. The molecule has 0 spiro atoms. The molecule has 4 heteroatoms. The Morgan fingerprint density at radius 2 is 2.15 bits per heavy atom. The normalized spacial score (nSPS) is 20.3. The van der Waals surface area contributed by atoms with E-state index in [-0.39, 0.29) is 6.61 Å². The summed E-state index contributed by atoms with van der Waals surface area (Å²) < 4.78 is 0. The lowest BCUT2D eigenvalue weighted by Crippen LogP contribution is -2.47. The Balaban J connectivity index is 2.28. The molecule has 0 aliphatic heterocycles. The monoisotopic (exact) mass is 188 g/mol. The molecule has 0 heterocycles. The Morgan fingerprint density at radius 1 is 1.46 bits per heavy atom. The zero-order valence-corrected chi connectivity index (χ0v) is 8.02. The van der Waals surface area contributed by atoms with Crippen molar-refractivity contribution in [3.8, 4) is 0 Å². The highest BCUT2D eigenvalue weighted by atomic mass is 16.3. The van der Waals surface area contributed by atoms with E-state index >= 15 is 0 Å². The second kappa shape index (κ2) is 5.54. The topological polar surface area (TPSA) is 69.7 Å². The van der Waals surface area contributed by atoms with Crippen LogP contribution in [0.1, 0.15) is 19.3 Å². The first-order valence-electron chi connectivity index (χ1n) is 5.01. The molecule has 0 aromatic carbocycles. The molecule has 0 amide bonds. The highest BCUT2D eigenvalue weighted by Crippen LogP contribution is 2.24. The van der Waals surface area contributed by atoms with E-state index in [4.69, 9.17) is 10.8 Å². The smallest absolute Gasteiger partial charge is 0.0897 e. The molecular weight excluding hydrogens is 168 g/mol. The molecule has 0 bridgehead atoms. The summed E-state index contributed by atoms with van der Waals surface area (Å²) in [6.45, 7) is 1.84. The van der Waals surface area contributed by atoms with E-state index in [1.807, 2.05) is 0 Å². The van der Waals surface area contributed by atoms with Crippen molar-refractivity contribution in [1.29, 1.82) is 0 Å². The molecule has 13 heavy (non-hydrogen) atoms. The molecule has 0 aromatic rings. The molecule has 4 N–H and O–H groups in total. The quantitative estimate of drug-likeness (QED) is 0.508. The van der Waals surface area contributed by atoms with Crippen molar-refractivity contribution < 1.29 is 10.2 Å². The van der Waals surface area contributed by atoms with Crippen molar-refractivity contribution in [3.63, 3.8) is 0 Å². The number of nitrogens with two attached hydrogens (primary N) is 1. The lowest BCUT2D eigenvalue weighted by molar-refractivity contribution is 0.0295. The maximum absolute atomic E-state index is 9.29. The molecule has 1 unspecified atom stereocenters. The Kier molecular flexibility index (Phi) is 4.66. The molecule has 1 aliphatic rings. The summed E-state index contributed by atoms with van der Waals surface area (Å²) in [5, 5.41) is 18.0. The van der Waals surface area contributed by atoms with E-state index in [2.05, 4.69) is 4.90 Å². The molecule has 1 rings (SSSR count). The number of nitrogens with zero attached hydrogens (tertiary/aromatic N) is 1. The first-order chi connectivity index (χ1) is 6.27. The van der Waals surface area contributed by atoms with Crippen molar-refractivity contribution in [1.82, 2.24) is 4.90 Å². The third kappa shape index (κ3) is 3.23. The van der Waals surface area contributed by atoms with E-state index < -0.39 is 6.10 Å². The number of aliphatic hydroxyl groups excluding tert-OH is 2. The SMILES string of the molecule is NCCN(CC(O)CO)C1CCC1. The second-order valence-electron chi connectivity index (χ2n) is 3.70. The Morgan fingerprint density at radius 3 is 2.54 bits per heavy atom. The minimum absolute atomic E-state index is 0.159. The van der Waals surface area contributed by atoms with Gasteiger partial charge in [-0.15, -0.1) is 0 Å². The van der Waals surface area contributed by atoms with Crippen LogP contribution in [-0.2, 0) is 0 Å². The summed E-state index contributed by atoms with van der Waals surface area (Å²) in [7, 11) is 0. The van der Waals surface area contributed by atoms with Crippen molar-refractivity contribution in [2.45, 2.75) is 31.4 Å². The van der Waals surface area contributed by atoms with Crippen molar-refractivity contribution >= 4 is 0 Å². The van der Waals surface area contributed by atoms with Gasteiger partial charge in [-0.25, -0.2) is 0 Å². The van der Waals surface area contributed by atoms with Crippen LogP contribution in [0, 0.1) is 0 Å².